The smallest absolute Gasteiger partial charge is 0.222 e. The van der Waals surface area contributed by atoms with E-state index in [0.717, 1.165) is 74.5 Å². The van der Waals surface area contributed by atoms with Crippen molar-refractivity contribution in [2.75, 3.05) is 36.5 Å². The average molecular weight is 465 g/mol. The monoisotopic (exact) mass is 464 g/mol. The van der Waals surface area contributed by atoms with Gasteiger partial charge in [0.2, 0.25) is 5.95 Å². The van der Waals surface area contributed by atoms with Gasteiger partial charge in [0.25, 0.3) is 0 Å². The molecule has 2 N–H and O–H groups in total. The highest BCUT2D eigenvalue weighted by molar-refractivity contribution is 5.85. The predicted molar refractivity (Wildman–Crippen MR) is 130 cm³/mol. The Hall–Kier alpha value is -3.04. The summed E-state index contributed by atoms with van der Waals surface area (Å²) in [5, 5.41) is 13.5. The van der Waals surface area contributed by atoms with Gasteiger partial charge in [-0.1, -0.05) is 0 Å². The second kappa shape index (κ2) is 9.68. The van der Waals surface area contributed by atoms with Crippen LogP contribution < -0.4 is 15.0 Å². The molecule has 3 aromatic rings. The number of nitrogens with zero attached hydrogens (tertiary/aromatic N) is 5. The van der Waals surface area contributed by atoms with Gasteiger partial charge < -0.3 is 24.8 Å². The fraction of sp³-hybridized carbons (Fsp3) is 0.520. The van der Waals surface area contributed by atoms with Gasteiger partial charge in [0.15, 0.2) is 0 Å². The third-order valence-electron chi connectivity index (χ3n) is 6.56. The van der Waals surface area contributed by atoms with E-state index in [2.05, 4.69) is 42.3 Å². The Kier molecular flexibility index (Phi) is 6.47. The number of ether oxygens (including phenoxy) is 2. The zero-order chi connectivity index (χ0) is 23.5. The van der Waals surface area contributed by atoms with E-state index in [0.29, 0.717) is 17.6 Å². The zero-order valence-electron chi connectivity index (χ0n) is 19.8. The van der Waals surface area contributed by atoms with Crippen LogP contribution in [0.4, 0.5) is 11.6 Å². The fourth-order valence-electron chi connectivity index (χ4n) is 4.53. The molecule has 2 aliphatic rings. The summed E-state index contributed by atoms with van der Waals surface area (Å²) >= 11 is 0. The molecule has 1 aliphatic carbocycles. The maximum atomic E-state index is 10.1. The van der Waals surface area contributed by atoms with Crippen molar-refractivity contribution in [1.82, 2.24) is 19.9 Å². The highest BCUT2D eigenvalue weighted by Crippen LogP contribution is 2.33. The summed E-state index contributed by atoms with van der Waals surface area (Å²) in [6.07, 6.45) is 10.7. The molecule has 0 unspecified atom stereocenters. The summed E-state index contributed by atoms with van der Waals surface area (Å²) in [6.45, 7) is 6.64. The average Bonchev–Trinajstić information content (AvgIpc) is 2.85. The number of nitrogens with one attached hydrogen (secondary N) is 1. The lowest BCUT2D eigenvalue weighted by Gasteiger charge is -2.31. The van der Waals surface area contributed by atoms with Crippen LogP contribution in [0.3, 0.4) is 0 Å². The topological polar surface area (TPSA) is 106 Å². The van der Waals surface area contributed by atoms with Gasteiger partial charge in [-0.3, -0.25) is 4.98 Å². The summed E-state index contributed by atoms with van der Waals surface area (Å²) in [6, 6.07) is 4.49. The first kappa shape index (κ1) is 22.7. The van der Waals surface area contributed by atoms with Gasteiger partial charge in [-0.2, -0.15) is 0 Å². The van der Waals surface area contributed by atoms with E-state index < -0.39 is 5.60 Å². The number of benzene rings is 1. The van der Waals surface area contributed by atoms with Gasteiger partial charge in [0.1, 0.15) is 11.3 Å². The molecule has 2 aromatic heterocycles. The zero-order valence-corrected chi connectivity index (χ0v) is 19.8. The lowest BCUT2D eigenvalue weighted by atomic mass is 9.93. The molecule has 5 rings (SSSR count). The minimum absolute atomic E-state index is 0.127. The molecule has 1 saturated carbocycles. The van der Waals surface area contributed by atoms with Gasteiger partial charge in [0, 0.05) is 61.2 Å². The predicted octanol–water partition coefficient (Wildman–Crippen LogP) is 3.29. The maximum Gasteiger partial charge on any atom is 0.222 e. The van der Waals surface area contributed by atoms with Crippen LogP contribution in [0, 0.1) is 0 Å². The van der Waals surface area contributed by atoms with Crippen LogP contribution >= 0.6 is 0 Å². The first-order chi connectivity index (χ1) is 16.5. The molecule has 9 heteroatoms. The van der Waals surface area contributed by atoms with E-state index in [4.69, 9.17) is 9.47 Å². The molecule has 0 spiro atoms. The van der Waals surface area contributed by atoms with E-state index in [1.165, 1.54) is 0 Å². The Morgan fingerprint density at radius 1 is 1.00 bits per heavy atom. The van der Waals surface area contributed by atoms with Crippen molar-refractivity contribution in [3.8, 4) is 5.75 Å². The number of anilines is 2. The van der Waals surface area contributed by atoms with Gasteiger partial charge in [0.05, 0.1) is 30.4 Å². The van der Waals surface area contributed by atoms with Crippen molar-refractivity contribution in [2.45, 2.75) is 57.3 Å². The number of hydrogen-bond donors (Lipinski definition) is 2. The first-order valence-electron chi connectivity index (χ1n) is 12.0. The molecule has 1 aromatic carbocycles. The van der Waals surface area contributed by atoms with Gasteiger partial charge in [-0.15, -0.1) is 0 Å². The maximum absolute atomic E-state index is 10.1. The molecule has 2 fully saturated rings. The Bertz CT molecular complexity index is 1100. The lowest BCUT2D eigenvalue weighted by Crippen LogP contribution is -2.36. The van der Waals surface area contributed by atoms with Crippen molar-refractivity contribution >= 4 is 22.7 Å². The molecule has 0 radical (unpaired) electrons. The van der Waals surface area contributed by atoms with Crippen LogP contribution in [-0.4, -0.2) is 63.5 Å². The van der Waals surface area contributed by atoms with Crippen molar-refractivity contribution in [1.29, 1.82) is 0 Å². The van der Waals surface area contributed by atoms with Crippen molar-refractivity contribution in [2.24, 2.45) is 0 Å². The van der Waals surface area contributed by atoms with Gasteiger partial charge in [-0.05, 0) is 45.6 Å². The number of rotatable bonds is 6. The highest BCUT2D eigenvalue weighted by Gasteiger charge is 2.25. The van der Waals surface area contributed by atoms with Crippen LogP contribution in [0.1, 0.15) is 45.1 Å². The van der Waals surface area contributed by atoms with Crippen LogP contribution in [0.5, 0.6) is 5.75 Å². The van der Waals surface area contributed by atoms with E-state index in [9.17, 15) is 5.11 Å². The SMILES string of the molecule is CC(C)(O)c1cnc(NC2CCC(Oc3cc(N4CCOCC4)cc4nccnc34)CC2)nc1. The highest BCUT2D eigenvalue weighted by atomic mass is 16.5. The fourth-order valence-corrected chi connectivity index (χ4v) is 4.53. The quantitative estimate of drug-likeness (QED) is 0.568. The lowest BCUT2D eigenvalue weighted by molar-refractivity contribution is 0.0778. The van der Waals surface area contributed by atoms with Crippen LogP contribution in [0.2, 0.25) is 0 Å². The molecular formula is C25H32N6O3. The van der Waals surface area contributed by atoms with Crippen molar-refractivity contribution < 1.29 is 14.6 Å². The Morgan fingerprint density at radius 2 is 1.71 bits per heavy atom. The normalized spacial score (nSPS) is 21.4. The molecular weight excluding hydrogens is 432 g/mol. The number of fused-ring (bicyclic) bond motifs is 1. The van der Waals surface area contributed by atoms with Gasteiger partial charge >= 0.3 is 0 Å². The molecule has 0 atom stereocenters. The molecule has 3 heterocycles. The van der Waals surface area contributed by atoms with E-state index in [1.807, 2.05) is 0 Å². The summed E-state index contributed by atoms with van der Waals surface area (Å²) in [5.41, 5.74) is 2.52. The van der Waals surface area contributed by atoms with Gasteiger partial charge in [-0.25, -0.2) is 15.0 Å². The number of aromatic nitrogens is 4. The van der Waals surface area contributed by atoms with Crippen LogP contribution in [0.25, 0.3) is 11.0 Å². The molecule has 9 nitrogen and oxygen atoms in total. The summed E-state index contributed by atoms with van der Waals surface area (Å²) in [4.78, 5) is 20.1. The van der Waals surface area contributed by atoms with E-state index in [1.54, 1.807) is 38.6 Å². The standard InChI is InChI=1S/C25H32N6O3/c1-25(2,32)17-15-28-24(29-16-17)30-18-3-5-20(6-4-18)34-22-14-19(31-9-11-33-12-10-31)13-21-23(22)27-8-7-26-21/h7-8,13-16,18,20,32H,3-6,9-12H2,1-2H3,(H,28,29,30). The molecule has 0 bridgehead atoms. The summed E-state index contributed by atoms with van der Waals surface area (Å²) in [5.74, 6) is 1.39. The third-order valence-corrected chi connectivity index (χ3v) is 6.56. The molecule has 1 saturated heterocycles. The second-order valence-corrected chi connectivity index (χ2v) is 9.56. The number of aliphatic hydroxyl groups is 1. The minimum atomic E-state index is -0.943. The van der Waals surface area contributed by atoms with E-state index in [-0.39, 0.29) is 6.10 Å². The Balaban J connectivity index is 1.23. The number of morpholine rings is 1. The van der Waals surface area contributed by atoms with Crippen LogP contribution in [0.15, 0.2) is 36.9 Å². The molecule has 0 amide bonds. The van der Waals surface area contributed by atoms with E-state index >= 15 is 0 Å². The Morgan fingerprint density at radius 3 is 2.41 bits per heavy atom. The summed E-state index contributed by atoms with van der Waals surface area (Å²) in [7, 11) is 0. The first-order valence-corrected chi connectivity index (χ1v) is 12.0. The summed E-state index contributed by atoms with van der Waals surface area (Å²) < 4.78 is 12.0. The van der Waals surface area contributed by atoms with Crippen LogP contribution in [-0.2, 0) is 10.3 Å². The second-order valence-electron chi connectivity index (χ2n) is 9.56. The number of hydrogen-bond acceptors (Lipinski definition) is 9. The van der Waals surface area contributed by atoms with Crippen molar-refractivity contribution in [3.63, 3.8) is 0 Å². The molecule has 180 valence electrons. The Labute approximate surface area is 199 Å². The molecule has 34 heavy (non-hydrogen) atoms. The minimum Gasteiger partial charge on any atom is -0.488 e. The van der Waals surface area contributed by atoms with Crippen molar-refractivity contribution in [3.05, 3.63) is 42.5 Å². The molecule has 1 aliphatic heterocycles. The largest absolute Gasteiger partial charge is 0.488 e. The third kappa shape index (κ3) is 5.20.